The van der Waals surface area contributed by atoms with Crippen molar-refractivity contribution in [2.75, 3.05) is 11.1 Å². The maximum atomic E-state index is 13.0. The van der Waals surface area contributed by atoms with Gasteiger partial charge in [0.25, 0.3) is 5.91 Å². The second-order valence-corrected chi connectivity index (χ2v) is 10.2. The lowest BCUT2D eigenvalue weighted by Gasteiger charge is -2.56. The molecule has 4 saturated carbocycles. The zero-order valence-electron chi connectivity index (χ0n) is 17.1. The Labute approximate surface area is 180 Å². The van der Waals surface area contributed by atoms with Gasteiger partial charge in [-0.15, -0.1) is 10.2 Å². The average molecular weight is 426 g/mol. The van der Waals surface area contributed by atoms with Gasteiger partial charge in [0, 0.05) is 23.8 Å². The lowest BCUT2D eigenvalue weighted by molar-refractivity contribution is -0.113. The zero-order chi connectivity index (χ0) is 20.7. The van der Waals surface area contributed by atoms with E-state index in [1.54, 1.807) is 17.0 Å². The van der Waals surface area contributed by atoms with Crippen LogP contribution in [-0.2, 0) is 11.8 Å². The first-order valence-electron chi connectivity index (χ1n) is 10.7. The van der Waals surface area contributed by atoms with Crippen LogP contribution in [-0.4, -0.2) is 37.9 Å². The van der Waals surface area contributed by atoms with Crippen molar-refractivity contribution < 1.29 is 9.59 Å². The van der Waals surface area contributed by atoms with E-state index in [0.29, 0.717) is 16.4 Å². The van der Waals surface area contributed by atoms with Crippen LogP contribution in [0, 0.1) is 17.8 Å². The first-order valence-corrected chi connectivity index (χ1v) is 11.7. The smallest absolute Gasteiger partial charge is 0.251 e. The molecule has 4 fully saturated rings. The number of carbonyl (C=O) groups is 2. The van der Waals surface area contributed by atoms with E-state index in [1.165, 1.54) is 31.0 Å². The maximum Gasteiger partial charge on any atom is 0.251 e. The summed E-state index contributed by atoms with van der Waals surface area (Å²) < 4.78 is 1.77. The molecule has 4 aliphatic rings. The van der Waals surface area contributed by atoms with Gasteiger partial charge < -0.3 is 15.2 Å². The third-order valence-corrected chi connectivity index (χ3v) is 7.86. The molecule has 0 saturated heterocycles. The van der Waals surface area contributed by atoms with Crippen molar-refractivity contribution in [3.8, 4) is 0 Å². The molecule has 0 unspecified atom stereocenters. The molecule has 1 heterocycles. The number of amides is 2. The fourth-order valence-corrected chi connectivity index (χ4v) is 6.73. The minimum Gasteiger partial charge on any atom is -0.347 e. The van der Waals surface area contributed by atoms with E-state index in [0.717, 1.165) is 37.0 Å². The summed E-state index contributed by atoms with van der Waals surface area (Å²) in [5.41, 5.74) is 1.22. The van der Waals surface area contributed by atoms with Crippen LogP contribution in [0.4, 0.5) is 5.69 Å². The molecule has 2 amide bonds. The molecule has 0 spiro atoms. The Morgan fingerprint density at radius 3 is 2.50 bits per heavy atom. The fourth-order valence-electron chi connectivity index (χ4n) is 6.05. The van der Waals surface area contributed by atoms with Gasteiger partial charge in [0.1, 0.15) is 6.33 Å². The number of hydrogen-bond acceptors (Lipinski definition) is 5. The second-order valence-electron chi connectivity index (χ2n) is 9.29. The molecule has 4 aliphatic carbocycles. The van der Waals surface area contributed by atoms with Crippen molar-refractivity contribution in [2.24, 2.45) is 24.8 Å². The van der Waals surface area contributed by atoms with E-state index in [9.17, 15) is 9.59 Å². The number of carbonyl (C=O) groups excluding carboxylic acids is 2. The molecule has 1 aromatic heterocycles. The number of nitrogens with zero attached hydrogens (tertiary/aromatic N) is 3. The predicted molar refractivity (Wildman–Crippen MR) is 115 cm³/mol. The van der Waals surface area contributed by atoms with Gasteiger partial charge in [-0.3, -0.25) is 9.59 Å². The van der Waals surface area contributed by atoms with Crippen LogP contribution in [0.5, 0.6) is 0 Å². The number of rotatable bonds is 6. The Balaban J connectivity index is 1.21. The van der Waals surface area contributed by atoms with Gasteiger partial charge in [0.05, 0.1) is 5.75 Å². The molecule has 30 heavy (non-hydrogen) atoms. The van der Waals surface area contributed by atoms with Crippen LogP contribution in [0.15, 0.2) is 35.7 Å². The number of benzene rings is 1. The molecule has 8 heteroatoms. The quantitative estimate of drug-likeness (QED) is 0.694. The normalized spacial score (nSPS) is 29.0. The molecule has 4 bridgehead atoms. The van der Waals surface area contributed by atoms with Crippen molar-refractivity contribution in [1.82, 2.24) is 20.1 Å². The average Bonchev–Trinajstić information content (AvgIpc) is 3.10. The summed E-state index contributed by atoms with van der Waals surface area (Å²) in [7, 11) is 1.84. The van der Waals surface area contributed by atoms with Gasteiger partial charge in [0.15, 0.2) is 5.16 Å². The van der Waals surface area contributed by atoms with Crippen molar-refractivity contribution in [3.63, 3.8) is 0 Å². The zero-order valence-corrected chi connectivity index (χ0v) is 18.0. The van der Waals surface area contributed by atoms with E-state index in [2.05, 4.69) is 20.8 Å². The highest BCUT2D eigenvalue weighted by atomic mass is 32.2. The van der Waals surface area contributed by atoms with Gasteiger partial charge in [-0.1, -0.05) is 17.8 Å². The third-order valence-electron chi connectivity index (χ3n) is 6.83. The molecule has 6 rings (SSSR count). The molecular weight excluding hydrogens is 398 g/mol. The summed E-state index contributed by atoms with van der Waals surface area (Å²) in [5, 5.41) is 14.7. The van der Waals surface area contributed by atoms with Crippen LogP contribution in [0.25, 0.3) is 0 Å². The minimum absolute atomic E-state index is 0.0160. The summed E-state index contributed by atoms with van der Waals surface area (Å²) in [4.78, 5) is 25.3. The van der Waals surface area contributed by atoms with Crippen LogP contribution in [0.2, 0.25) is 0 Å². The Bertz CT molecular complexity index is 937. The predicted octanol–water partition coefficient (Wildman–Crippen LogP) is 3.24. The summed E-state index contributed by atoms with van der Waals surface area (Å²) in [5.74, 6) is 2.43. The van der Waals surface area contributed by atoms with Gasteiger partial charge >= 0.3 is 0 Å². The molecule has 158 valence electrons. The summed E-state index contributed by atoms with van der Waals surface area (Å²) in [6.07, 6.45) is 9.03. The SMILES string of the molecule is Cn1cnnc1SCC(=O)Nc1cccc(C(=O)NC23CC4CC(CC(C4)C2)C3)c1. The van der Waals surface area contributed by atoms with Gasteiger partial charge in [-0.05, 0) is 74.5 Å². The first kappa shape index (κ1) is 19.6. The summed E-state index contributed by atoms with van der Waals surface area (Å²) in [6, 6.07) is 7.22. The van der Waals surface area contributed by atoms with Crippen molar-refractivity contribution >= 4 is 29.3 Å². The maximum absolute atomic E-state index is 13.0. The lowest BCUT2D eigenvalue weighted by Crippen LogP contribution is -2.59. The molecule has 2 N–H and O–H groups in total. The van der Waals surface area contributed by atoms with E-state index in [1.807, 2.05) is 25.2 Å². The Hall–Kier alpha value is -2.35. The Morgan fingerprint density at radius 2 is 1.87 bits per heavy atom. The molecule has 0 radical (unpaired) electrons. The van der Waals surface area contributed by atoms with Gasteiger partial charge in [-0.25, -0.2) is 0 Å². The van der Waals surface area contributed by atoms with Crippen LogP contribution in [0.3, 0.4) is 0 Å². The molecule has 7 nitrogen and oxygen atoms in total. The molecule has 1 aromatic carbocycles. The van der Waals surface area contributed by atoms with Crippen molar-refractivity contribution in [3.05, 3.63) is 36.2 Å². The van der Waals surface area contributed by atoms with Crippen LogP contribution >= 0.6 is 11.8 Å². The molecule has 0 aliphatic heterocycles. The number of aryl methyl sites for hydroxylation is 1. The number of nitrogens with one attached hydrogen (secondary N) is 2. The largest absolute Gasteiger partial charge is 0.347 e. The molecule has 2 aromatic rings. The monoisotopic (exact) mass is 425 g/mol. The standard InChI is InChI=1S/C22H27N5O2S/c1-27-13-23-26-21(27)30-12-19(28)24-18-4-2-3-17(8-18)20(29)25-22-9-14-5-15(10-22)7-16(6-14)11-22/h2-4,8,13-16H,5-7,9-12H2,1H3,(H,24,28)(H,25,29). The lowest BCUT2D eigenvalue weighted by atomic mass is 9.53. The van der Waals surface area contributed by atoms with E-state index in [-0.39, 0.29) is 23.1 Å². The highest BCUT2D eigenvalue weighted by Gasteiger charge is 2.51. The minimum atomic E-state index is -0.137. The summed E-state index contributed by atoms with van der Waals surface area (Å²) >= 11 is 1.33. The Morgan fingerprint density at radius 1 is 1.17 bits per heavy atom. The number of anilines is 1. The van der Waals surface area contributed by atoms with Gasteiger partial charge in [0.2, 0.25) is 5.91 Å². The molecule has 0 atom stereocenters. The van der Waals surface area contributed by atoms with Gasteiger partial charge in [-0.2, -0.15) is 0 Å². The number of hydrogen-bond donors (Lipinski definition) is 2. The van der Waals surface area contributed by atoms with E-state index < -0.39 is 0 Å². The highest BCUT2D eigenvalue weighted by Crippen LogP contribution is 2.55. The van der Waals surface area contributed by atoms with Crippen LogP contribution in [0.1, 0.15) is 48.9 Å². The number of thioether (sulfide) groups is 1. The topological polar surface area (TPSA) is 88.9 Å². The highest BCUT2D eigenvalue weighted by molar-refractivity contribution is 7.99. The van der Waals surface area contributed by atoms with Crippen LogP contribution < -0.4 is 10.6 Å². The third kappa shape index (κ3) is 3.97. The summed E-state index contributed by atoms with van der Waals surface area (Å²) in [6.45, 7) is 0. The van der Waals surface area contributed by atoms with Crippen molar-refractivity contribution in [1.29, 1.82) is 0 Å². The van der Waals surface area contributed by atoms with E-state index >= 15 is 0 Å². The second kappa shape index (κ2) is 7.72. The Kier molecular flexibility index (Phi) is 5.05. The van der Waals surface area contributed by atoms with Crippen molar-refractivity contribution in [2.45, 2.75) is 49.2 Å². The fraction of sp³-hybridized carbons (Fsp3) is 0.545. The van der Waals surface area contributed by atoms with E-state index in [4.69, 9.17) is 0 Å². The molecular formula is C22H27N5O2S. The first-order chi connectivity index (χ1) is 14.5. The number of aromatic nitrogens is 3.